The molecule has 0 spiro atoms. The van der Waals surface area contributed by atoms with Crippen molar-refractivity contribution in [3.8, 4) is 0 Å². The highest BCUT2D eigenvalue weighted by atomic mass is 19.1. The van der Waals surface area contributed by atoms with Gasteiger partial charge in [0.05, 0.1) is 11.7 Å². The highest BCUT2D eigenvalue weighted by Gasteiger charge is 2.38. The summed E-state index contributed by atoms with van der Waals surface area (Å²) in [5.74, 6) is 1.74. The molecule has 2 bridgehead atoms. The number of piperidine rings is 1. The molecule has 2 saturated heterocycles. The Balaban J connectivity index is 1.45. The van der Waals surface area contributed by atoms with Crippen LogP contribution in [0.3, 0.4) is 0 Å². The number of benzene rings is 1. The van der Waals surface area contributed by atoms with Crippen LogP contribution in [0.2, 0.25) is 0 Å². The Morgan fingerprint density at radius 2 is 1.85 bits per heavy atom. The van der Waals surface area contributed by atoms with Crippen LogP contribution in [0.25, 0.3) is 5.65 Å². The molecule has 2 aromatic heterocycles. The van der Waals surface area contributed by atoms with E-state index < -0.39 is 5.41 Å². The van der Waals surface area contributed by atoms with Crippen LogP contribution in [0.5, 0.6) is 0 Å². The van der Waals surface area contributed by atoms with Crippen LogP contribution in [0.4, 0.5) is 16.0 Å². The van der Waals surface area contributed by atoms with Gasteiger partial charge in [-0.15, -0.1) is 0 Å². The van der Waals surface area contributed by atoms with Crippen molar-refractivity contribution in [2.45, 2.75) is 56.5 Å². The molecule has 40 heavy (non-hydrogen) atoms. The number of nitrogens with two attached hydrogens (primary N) is 1. The molecule has 3 N–H and O–H groups in total. The van der Waals surface area contributed by atoms with Crippen molar-refractivity contribution < 1.29 is 4.39 Å². The zero-order valence-corrected chi connectivity index (χ0v) is 23.7. The molecular weight excluding hydrogens is 503 g/mol. The van der Waals surface area contributed by atoms with Crippen molar-refractivity contribution in [1.82, 2.24) is 24.8 Å². The predicted molar refractivity (Wildman–Crippen MR) is 159 cm³/mol. The van der Waals surface area contributed by atoms with E-state index in [-0.39, 0.29) is 17.9 Å². The van der Waals surface area contributed by atoms with Crippen LogP contribution in [0.1, 0.15) is 56.3 Å². The summed E-state index contributed by atoms with van der Waals surface area (Å²) in [5, 5.41) is 8.80. The molecule has 8 nitrogen and oxygen atoms in total. The number of hydrogen-bond acceptors (Lipinski definition) is 7. The Labute approximate surface area is 236 Å². The van der Waals surface area contributed by atoms with Gasteiger partial charge in [-0.2, -0.15) is 9.61 Å². The lowest BCUT2D eigenvalue weighted by Crippen LogP contribution is -2.56. The number of rotatable bonds is 2. The summed E-state index contributed by atoms with van der Waals surface area (Å²) < 4.78 is 15.9. The van der Waals surface area contributed by atoms with E-state index in [1.54, 1.807) is 12.1 Å². The molecule has 3 aliphatic rings. The van der Waals surface area contributed by atoms with E-state index in [2.05, 4.69) is 52.7 Å². The summed E-state index contributed by atoms with van der Waals surface area (Å²) in [7, 11) is 2.12. The summed E-state index contributed by atoms with van der Waals surface area (Å²) >= 11 is 0. The van der Waals surface area contributed by atoms with Crippen LogP contribution in [0.15, 0.2) is 61.0 Å². The van der Waals surface area contributed by atoms with Gasteiger partial charge in [-0.3, -0.25) is 0 Å². The van der Waals surface area contributed by atoms with Crippen molar-refractivity contribution >= 4 is 17.3 Å². The molecule has 0 amide bonds. The lowest BCUT2D eigenvalue weighted by atomic mass is 9.77. The Morgan fingerprint density at radius 3 is 2.60 bits per heavy atom. The van der Waals surface area contributed by atoms with E-state index in [9.17, 15) is 4.39 Å². The molecule has 3 aliphatic heterocycles. The summed E-state index contributed by atoms with van der Waals surface area (Å²) in [5.41, 5.74) is 10.5. The monoisotopic (exact) mass is 544 g/mol. The Bertz CT molecular complexity index is 1410. The minimum Gasteiger partial charge on any atom is -0.388 e. The van der Waals surface area contributed by atoms with Crippen molar-refractivity contribution in [2.75, 3.05) is 49.6 Å². The highest BCUT2D eigenvalue weighted by Crippen LogP contribution is 2.41. The molecule has 3 aromatic rings. The first-order chi connectivity index (χ1) is 19.2. The predicted octanol–water partition coefficient (Wildman–Crippen LogP) is 4.35. The average Bonchev–Trinajstić information content (AvgIpc) is 3.37. The van der Waals surface area contributed by atoms with E-state index in [4.69, 9.17) is 22.4 Å². The lowest BCUT2D eigenvalue weighted by molar-refractivity contribution is 0.165. The molecule has 2 fully saturated rings. The van der Waals surface area contributed by atoms with Gasteiger partial charge in [0.2, 0.25) is 0 Å². The van der Waals surface area contributed by atoms with Crippen LogP contribution in [-0.2, 0) is 5.41 Å². The molecule has 6 rings (SSSR count). The fraction of sp³-hybridized carbons (Fsp3) is 0.484. The minimum absolute atomic E-state index is 0.0788. The van der Waals surface area contributed by atoms with E-state index in [1.165, 1.54) is 0 Å². The van der Waals surface area contributed by atoms with E-state index in [0.717, 1.165) is 98.2 Å². The number of fused-ring (bicyclic) bond motifs is 3. The summed E-state index contributed by atoms with van der Waals surface area (Å²) in [6, 6.07) is 11.4. The number of hydrogen-bond donors (Lipinski definition) is 2. The average molecular weight is 545 g/mol. The van der Waals surface area contributed by atoms with E-state index in [0.29, 0.717) is 6.54 Å². The Morgan fingerprint density at radius 1 is 1.07 bits per heavy atom. The maximum atomic E-state index is 13.9. The number of halogens is 1. The van der Waals surface area contributed by atoms with Crippen LogP contribution < -0.4 is 20.9 Å². The molecule has 212 valence electrons. The van der Waals surface area contributed by atoms with E-state index in [1.807, 2.05) is 16.6 Å². The molecule has 0 aliphatic carbocycles. The molecule has 0 saturated carbocycles. The van der Waals surface area contributed by atoms with Crippen molar-refractivity contribution in [2.24, 2.45) is 5.73 Å². The van der Waals surface area contributed by atoms with Gasteiger partial charge in [-0.05, 0) is 56.7 Å². The SMILES string of the molecule is C=C1CCCN(C)c2cc(N3CC(N)C3)nc3cc(nn23)C2CCCCN2C(=C)C(C)(c2ccc(F)cc2)CN1. The second-order valence-electron chi connectivity index (χ2n) is 11.9. The van der Waals surface area contributed by atoms with Crippen LogP contribution >= 0.6 is 0 Å². The van der Waals surface area contributed by atoms with Gasteiger partial charge in [0.1, 0.15) is 17.5 Å². The summed E-state index contributed by atoms with van der Waals surface area (Å²) in [6.45, 7) is 15.2. The number of nitrogens with zero attached hydrogens (tertiary/aromatic N) is 6. The maximum Gasteiger partial charge on any atom is 0.160 e. The van der Waals surface area contributed by atoms with E-state index >= 15 is 0 Å². The zero-order chi connectivity index (χ0) is 28.0. The number of nitrogens with one attached hydrogen (secondary N) is 1. The third kappa shape index (κ3) is 4.80. The Hall–Kier alpha value is -3.59. The number of allylic oxidation sites excluding steroid dienone is 1. The second-order valence-corrected chi connectivity index (χ2v) is 11.9. The minimum atomic E-state index is -0.463. The third-order valence-corrected chi connectivity index (χ3v) is 9.01. The fourth-order valence-corrected chi connectivity index (χ4v) is 6.36. The lowest BCUT2D eigenvalue weighted by Gasteiger charge is -2.45. The Kier molecular flexibility index (Phi) is 6.94. The van der Waals surface area contributed by atoms with Gasteiger partial charge in [0.15, 0.2) is 5.65 Å². The first kappa shape index (κ1) is 26.6. The summed E-state index contributed by atoms with van der Waals surface area (Å²) in [4.78, 5) is 12.0. The first-order valence-electron chi connectivity index (χ1n) is 14.5. The normalized spacial score (nSPS) is 24.9. The number of anilines is 2. The quantitative estimate of drug-likeness (QED) is 0.497. The molecule has 1 aromatic carbocycles. The van der Waals surface area contributed by atoms with Crippen molar-refractivity contribution in [3.05, 3.63) is 78.0 Å². The number of aromatic nitrogens is 3. The first-order valence-corrected chi connectivity index (χ1v) is 14.5. The third-order valence-electron chi connectivity index (χ3n) is 9.01. The molecule has 2 atom stereocenters. The largest absolute Gasteiger partial charge is 0.388 e. The molecular formula is C31H41FN8. The topological polar surface area (TPSA) is 78.0 Å². The van der Waals surface area contributed by atoms with Crippen molar-refractivity contribution in [3.63, 3.8) is 0 Å². The van der Waals surface area contributed by atoms with Crippen LogP contribution in [-0.4, -0.2) is 65.3 Å². The van der Waals surface area contributed by atoms with Gasteiger partial charge in [-0.1, -0.05) is 25.3 Å². The molecule has 5 heterocycles. The van der Waals surface area contributed by atoms with Crippen LogP contribution in [0, 0.1) is 5.82 Å². The second kappa shape index (κ2) is 10.4. The smallest absolute Gasteiger partial charge is 0.160 e. The zero-order valence-electron chi connectivity index (χ0n) is 23.7. The highest BCUT2D eigenvalue weighted by molar-refractivity contribution is 5.60. The fourth-order valence-electron chi connectivity index (χ4n) is 6.36. The maximum absolute atomic E-state index is 13.9. The van der Waals surface area contributed by atoms with Gasteiger partial charge >= 0.3 is 0 Å². The summed E-state index contributed by atoms with van der Waals surface area (Å²) in [6.07, 6.45) is 4.99. The van der Waals surface area contributed by atoms with Crippen molar-refractivity contribution in [1.29, 1.82) is 0 Å². The van der Waals surface area contributed by atoms with Gasteiger partial charge in [-0.25, -0.2) is 9.37 Å². The standard InChI is InChI=1S/C31H41FN8/c1-21-8-7-14-37(4)30-17-28(38-18-25(33)19-38)35-29-16-26(36-40(29)30)27-9-5-6-15-39(27)22(2)31(3,20-34-21)23-10-12-24(32)13-11-23/h10-13,16-17,25,27,34H,1-2,5-9,14-15,18-20,33H2,3-4H3. The van der Waals surface area contributed by atoms with Gasteiger partial charge in [0, 0.05) is 74.8 Å². The van der Waals surface area contributed by atoms with Gasteiger partial charge < -0.3 is 25.8 Å². The molecule has 0 radical (unpaired) electrons. The van der Waals surface area contributed by atoms with Gasteiger partial charge in [0.25, 0.3) is 0 Å². The molecule has 2 unspecified atom stereocenters. The molecule has 9 heteroatoms.